The number of nitrogens with one attached hydrogen (secondary N) is 1. The van der Waals surface area contributed by atoms with Crippen LogP contribution in [-0.2, 0) is 0 Å². The van der Waals surface area contributed by atoms with Crippen LogP contribution in [0.4, 0.5) is 5.69 Å². The molecule has 2 rings (SSSR count). The molecule has 1 aromatic rings. The van der Waals surface area contributed by atoms with Crippen molar-refractivity contribution in [3.05, 3.63) is 24.0 Å². The van der Waals surface area contributed by atoms with E-state index in [9.17, 15) is 4.79 Å². The van der Waals surface area contributed by atoms with Crippen molar-refractivity contribution in [2.45, 2.75) is 32.7 Å². The van der Waals surface area contributed by atoms with Gasteiger partial charge in [0, 0.05) is 37.6 Å². The number of nitrogens with zero attached hydrogens (tertiary/aromatic N) is 2. The lowest BCUT2D eigenvalue weighted by atomic mass is 9.90. The Bertz CT molecular complexity index is 463. The second-order valence-electron chi connectivity index (χ2n) is 5.33. The van der Waals surface area contributed by atoms with Crippen LogP contribution in [0.25, 0.3) is 0 Å². The largest absolute Gasteiger partial charge is 0.371 e. The van der Waals surface area contributed by atoms with E-state index in [0.717, 1.165) is 31.6 Å². The van der Waals surface area contributed by atoms with Gasteiger partial charge in [-0.2, -0.15) is 0 Å². The van der Waals surface area contributed by atoms with Gasteiger partial charge >= 0.3 is 0 Å². The molecule has 1 amide bonds. The Labute approximate surface area is 120 Å². The van der Waals surface area contributed by atoms with Crippen LogP contribution in [0.1, 0.15) is 37.2 Å². The number of hydrogen-bond acceptors (Lipinski definition) is 4. The van der Waals surface area contributed by atoms with E-state index in [1.807, 2.05) is 19.1 Å². The van der Waals surface area contributed by atoms with E-state index in [4.69, 9.17) is 5.73 Å². The SMILES string of the molecule is CCNC(=O)c1cc(N2CCC(N)C(CC)C2)ccn1. The molecule has 3 N–H and O–H groups in total. The van der Waals surface area contributed by atoms with E-state index in [1.165, 1.54) is 0 Å². The maximum atomic E-state index is 11.8. The highest BCUT2D eigenvalue weighted by Crippen LogP contribution is 2.24. The van der Waals surface area contributed by atoms with E-state index in [2.05, 4.69) is 22.1 Å². The fourth-order valence-electron chi connectivity index (χ4n) is 2.71. The van der Waals surface area contributed by atoms with Crippen LogP contribution in [0, 0.1) is 5.92 Å². The first-order valence-corrected chi connectivity index (χ1v) is 7.40. The summed E-state index contributed by atoms with van der Waals surface area (Å²) in [6.07, 6.45) is 3.79. The summed E-state index contributed by atoms with van der Waals surface area (Å²) in [7, 11) is 0. The van der Waals surface area contributed by atoms with Gasteiger partial charge in [0.15, 0.2) is 0 Å². The molecular formula is C15H24N4O. The number of carbonyl (C=O) groups is 1. The minimum Gasteiger partial charge on any atom is -0.371 e. The van der Waals surface area contributed by atoms with E-state index in [0.29, 0.717) is 24.2 Å². The highest BCUT2D eigenvalue weighted by atomic mass is 16.1. The van der Waals surface area contributed by atoms with E-state index >= 15 is 0 Å². The average molecular weight is 276 g/mol. The number of pyridine rings is 1. The van der Waals surface area contributed by atoms with Crippen LogP contribution in [0.15, 0.2) is 18.3 Å². The van der Waals surface area contributed by atoms with Gasteiger partial charge in [0.2, 0.25) is 0 Å². The maximum Gasteiger partial charge on any atom is 0.269 e. The topological polar surface area (TPSA) is 71.2 Å². The summed E-state index contributed by atoms with van der Waals surface area (Å²) in [6, 6.07) is 4.13. The molecule has 20 heavy (non-hydrogen) atoms. The maximum absolute atomic E-state index is 11.8. The summed E-state index contributed by atoms with van der Waals surface area (Å²) < 4.78 is 0. The van der Waals surface area contributed by atoms with Gasteiger partial charge in [-0.1, -0.05) is 13.3 Å². The van der Waals surface area contributed by atoms with Crippen molar-refractivity contribution in [2.24, 2.45) is 11.7 Å². The molecule has 0 spiro atoms. The minimum atomic E-state index is -0.116. The molecule has 1 saturated heterocycles. The lowest BCUT2D eigenvalue weighted by Gasteiger charge is -2.38. The molecule has 2 heterocycles. The number of rotatable bonds is 4. The lowest BCUT2D eigenvalue weighted by Crippen LogP contribution is -2.47. The van der Waals surface area contributed by atoms with Gasteiger partial charge in [-0.25, -0.2) is 0 Å². The van der Waals surface area contributed by atoms with Crippen LogP contribution in [-0.4, -0.2) is 36.6 Å². The zero-order chi connectivity index (χ0) is 14.5. The molecule has 2 atom stereocenters. The third-order valence-electron chi connectivity index (χ3n) is 4.00. The Hall–Kier alpha value is -1.62. The number of amides is 1. The summed E-state index contributed by atoms with van der Waals surface area (Å²) in [4.78, 5) is 18.3. The molecule has 1 fully saturated rings. The highest BCUT2D eigenvalue weighted by Gasteiger charge is 2.25. The van der Waals surface area contributed by atoms with Gasteiger partial charge in [-0.3, -0.25) is 9.78 Å². The number of aromatic nitrogens is 1. The number of nitrogens with two attached hydrogens (primary N) is 1. The zero-order valence-electron chi connectivity index (χ0n) is 12.3. The van der Waals surface area contributed by atoms with Gasteiger partial charge in [0.25, 0.3) is 5.91 Å². The van der Waals surface area contributed by atoms with Gasteiger partial charge in [-0.15, -0.1) is 0 Å². The average Bonchev–Trinajstić information content (AvgIpc) is 2.48. The van der Waals surface area contributed by atoms with E-state index in [1.54, 1.807) is 6.20 Å². The Balaban J connectivity index is 2.12. The molecular weight excluding hydrogens is 252 g/mol. The van der Waals surface area contributed by atoms with Crippen molar-refractivity contribution in [1.82, 2.24) is 10.3 Å². The Morgan fingerprint density at radius 1 is 1.55 bits per heavy atom. The summed E-state index contributed by atoms with van der Waals surface area (Å²) in [5, 5.41) is 2.78. The van der Waals surface area contributed by atoms with Crippen molar-refractivity contribution in [2.75, 3.05) is 24.5 Å². The standard InChI is InChI=1S/C15H24N4O/c1-3-11-10-19(8-6-13(11)16)12-5-7-18-14(9-12)15(20)17-4-2/h5,7,9,11,13H,3-4,6,8,10,16H2,1-2H3,(H,17,20). The predicted molar refractivity (Wildman–Crippen MR) is 80.8 cm³/mol. The first-order chi connectivity index (χ1) is 9.65. The van der Waals surface area contributed by atoms with Crippen molar-refractivity contribution >= 4 is 11.6 Å². The summed E-state index contributed by atoms with van der Waals surface area (Å²) in [6.45, 7) is 6.59. The molecule has 0 bridgehead atoms. The van der Waals surface area contributed by atoms with Crippen LogP contribution in [0.3, 0.4) is 0 Å². The molecule has 110 valence electrons. The quantitative estimate of drug-likeness (QED) is 0.872. The Morgan fingerprint density at radius 3 is 3.05 bits per heavy atom. The molecule has 0 aromatic carbocycles. The van der Waals surface area contributed by atoms with Crippen LogP contribution in [0.5, 0.6) is 0 Å². The van der Waals surface area contributed by atoms with Crippen LogP contribution >= 0.6 is 0 Å². The van der Waals surface area contributed by atoms with Gasteiger partial charge in [0.1, 0.15) is 5.69 Å². The van der Waals surface area contributed by atoms with Gasteiger partial charge in [-0.05, 0) is 31.4 Å². The summed E-state index contributed by atoms with van der Waals surface area (Å²) >= 11 is 0. The molecule has 5 heteroatoms. The Morgan fingerprint density at radius 2 is 2.35 bits per heavy atom. The summed E-state index contributed by atoms with van der Waals surface area (Å²) in [5.74, 6) is 0.403. The van der Waals surface area contributed by atoms with E-state index in [-0.39, 0.29) is 5.91 Å². The van der Waals surface area contributed by atoms with Crippen molar-refractivity contribution in [3.63, 3.8) is 0 Å². The minimum absolute atomic E-state index is 0.116. The second kappa shape index (κ2) is 6.70. The molecule has 1 aliphatic rings. The third-order valence-corrected chi connectivity index (χ3v) is 4.00. The van der Waals surface area contributed by atoms with Gasteiger partial charge in [0.05, 0.1) is 0 Å². The normalized spacial score (nSPS) is 22.6. The lowest BCUT2D eigenvalue weighted by molar-refractivity contribution is 0.0951. The molecule has 0 radical (unpaired) electrons. The Kier molecular flexibility index (Phi) is 4.95. The van der Waals surface area contributed by atoms with E-state index < -0.39 is 0 Å². The number of hydrogen-bond donors (Lipinski definition) is 2. The zero-order valence-corrected chi connectivity index (χ0v) is 12.3. The second-order valence-corrected chi connectivity index (χ2v) is 5.33. The number of piperidine rings is 1. The van der Waals surface area contributed by atoms with Crippen molar-refractivity contribution in [3.8, 4) is 0 Å². The fraction of sp³-hybridized carbons (Fsp3) is 0.600. The van der Waals surface area contributed by atoms with Crippen LogP contribution in [0.2, 0.25) is 0 Å². The van der Waals surface area contributed by atoms with Crippen molar-refractivity contribution < 1.29 is 4.79 Å². The third kappa shape index (κ3) is 3.28. The monoisotopic (exact) mass is 276 g/mol. The van der Waals surface area contributed by atoms with Gasteiger partial charge < -0.3 is 16.0 Å². The number of carbonyl (C=O) groups excluding carboxylic acids is 1. The molecule has 5 nitrogen and oxygen atoms in total. The number of anilines is 1. The fourth-order valence-corrected chi connectivity index (χ4v) is 2.71. The highest BCUT2D eigenvalue weighted by molar-refractivity contribution is 5.93. The molecule has 1 aliphatic heterocycles. The first-order valence-electron chi connectivity index (χ1n) is 7.40. The van der Waals surface area contributed by atoms with Crippen molar-refractivity contribution in [1.29, 1.82) is 0 Å². The smallest absolute Gasteiger partial charge is 0.269 e. The molecule has 1 aromatic heterocycles. The molecule has 2 unspecified atom stereocenters. The molecule has 0 saturated carbocycles. The van der Waals surface area contributed by atoms with Crippen LogP contribution < -0.4 is 16.0 Å². The predicted octanol–water partition coefficient (Wildman–Crippen LogP) is 1.39. The summed E-state index contributed by atoms with van der Waals surface area (Å²) in [5.41, 5.74) is 7.68. The molecule has 0 aliphatic carbocycles. The first kappa shape index (κ1) is 14.8.